The molecule has 5 heteroatoms. The molecule has 4 unspecified atom stereocenters. The second-order valence-corrected chi connectivity index (χ2v) is 21.2. The van der Waals surface area contributed by atoms with Gasteiger partial charge in [0, 0.05) is 18.3 Å². The second-order valence-electron chi connectivity index (χ2n) is 21.2. The molecule has 89 heavy (non-hydrogen) atoms. The van der Waals surface area contributed by atoms with Crippen LogP contribution in [0.5, 0.6) is 0 Å². The fraction of sp³-hybridized carbons (Fsp3) is 0.250. The largest absolute Gasteiger partial charge is 0.348 e. The predicted octanol–water partition coefficient (Wildman–Crippen LogP) is 17.0. The van der Waals surface area contributed by atoms with Crippen LogP contribution in [-0.4, -0.2) is 38.1 Å². The Hall–Kier alpha value is -8.71. The molecule has 4 atom stereocenters. The number of benzene rings is 9. The van der Waals surface area contributed by atoms with E-state index in [4.69, 9.17) is 4.99 Å². The van der Waals surface area contributed by atoms with Crippen LogP contribution in [0.15, 0.2) is 259 Å². The summed E-state index contributed by atoms with van der Waals surface area (Å²) in [4.78, 5) is 7.86. The summed E-state index contributed by atoms with van der Waals surface area (Å²) in [5.41, 5.74) is 14.0. The van der Waals surface area contributed by atoms with E-state index in [2.05, 4.69) is 280 Å². The van der Waals surface area contributed by atoms with Crippen molar-refractivity contribution in [1.82, 2.24) is 20.9 Å². The number of hydrogen-bond donors (Lipinski definition) is 3. The topological polar surface area (TPSA) is 51.7 Å². The highest BCUT2D eigenvalue weighted by molar-refractivity contribution is 5.91. The summed E-state index contributed by atoms with van der Waals surface area (Å²) >= 11 is 0. The van der Waals surface area contributed by atoms with Crippen molar-refractivity contribution in [2.45, 2.75) is 120 Å². The summed E-state index contributed by atoms with van der Waals surface area (Å²) < 4.78 is 0. The summed E-state index contributed by atoms with van der Waals surface area (Å²) in [5.74, 6) is 0. The Bertz CT molecular complexity index is 4180. The van der Waals surface area contributed by atoms with E-state index < -0.39 is 0 Å². The molecular formula is C84H99N5. The molecule has 0 radical (unpaired) electrons. The zero-order valence-corrected chi connectivity index (χ0v) is 55.8. The second kappa shape index (κ2) is 35.9. The van der Waals surface area contributed by atoms with Gasteiger partial charge in [-0.05, 0) is 176 Å². The number of fused-ring (bicyclic) bond motifs is 4. The van der Waals surface area contributed by atoms with Crippen LogP contribution in [0.1, 0.15) is 119 Å². The van der Waals surface area contributed by atoms with Gasteiger partial charge in [0.2, 0.25) is 0 Å². The van der Waals surface area contributed by atoms with Crippen molar-refractivity contribution in [3.05, 3.63) is 296 Å². The molecule has 0 amide bonds. The van der Waals surface area contributed by atoms with E-state index in [1.807, 2.05) is 93.8 Å². The standard InChI is InChI=1S/C61H52N4.C8H8.C7H15N.4C2H6/c1-40(52-20-12-14-24-57(52)63-60(62-2)47-32-28-43-26-30-45(36-49(43)38-47)41-16-6-4-7-17-41)51-34-35-55(54-22-11-10-21-53(51)54)59-56-23-13-15-25-58(56)64-61(65(59)3)48-33-29-44-27-31-46(37-50(44)39-48)42-18-8-5-9-19-42;1-7-5-3-4-6-8(7)2;1-4-5-6-7(2)8-3;4*1-2/h4-33,36-39,57,60-63H,34-35H2,1-3H3;3-6H,1-2H2;5-8H,4H2,1-3H3;4*1-2H3/b52-40+;;6-5-;;;;. The summed E-state index contributed by atoms with van der Waals surface area (Å²) in [6.45, 7) is 30.1. The highest BCUT2D eigenvalue weighted by Gasteiger charge is 2.28. The molecular weight excluding hydrogens is 1080 g/mol. The van der Waals surface area contributed by atoms with E-state index in [9.17, 15) is 0 Å². The maximum Gasteiger partial charge on any atom is 0.147 e. The third-order valence-electron chi connectivity index (χ3n) is 16.0. The lowest BCUT2D eigenvalue weighted by Crippen LogP contribution is -2.44. The van der Waals surface area contributed by atoms with Gasteiger partial charge in [0.05, 0.1) is 23.3 Å². The molecule has 3 N–H and O–H groups in total. The number of nitrogens with zero attached hydrogens (tertiary/aromatic N) is 2. The molecule has 2 aliphatic carbocycles. The molecule has 9 aromatic rings. The van der Waals surface area contributed by atoms with Gasteiger partial charge in [-0.15, -0.1) is 0 Å². The Kier molecular flexibility index (Phi) is 28.0. The molecule has 12 rings (SSSR count). The van der Waals surface area contributed by atoms with Crippen molar-refractivity contribution in [1.29, 1.82) is 0 Å². The first-order chi connectivity index (χ1) is 43.6. The van der Waals surface area contributed by atoms with Crippen LogP contribution >= 0.6 is 0 Å². The Morgan fingerprint density at radius 2 is 1.09 bits per heavy atom. The van der Waals surface area contributed by atoms with Gasteiger partial charge in [0.25, 0.3) is 0 Å². The molecule has 0 saturated carbocycles. The van der Waals surface area contributed by atoms with Crippen molar-refractivity contribution < 1.29 is 0 Å². The number of para-hydroxylation sites is 1. The molecule has 0 saturated heterocycles. The molecule has 1 heterocycles. The summed E-state index contributed by atoms with van der Waals surface area (Å²) in [5, 5.41) is 22.5. The minimum absolute atomic E-state index is 0.0210. The summed E-state index contributed by atoms with van der Waals surface area (Å²) in [6, 6.07) is 74.6. The Morgan fingerprint density at radius 3 is 1.66 bits per heavy atom. The van der Waals surface area contributed by atoms with Crippen molar-refractivity contribution in [2.24, 2.45) is 4.99 Å². The minimum Gasteiger partial charge on any atom is -0.348 e. The Morgan fingerprint density at radius 1 is 0.562 bits per heavy atom. The number of hydrogen-bond acceptors (Lipinski definition) is 5. The van der Waals surface area contributed by atoms with Gasteiger partial charge in [-0.1, -0.05) is 288 Å². The molecule has 1 aliphatic heterocycles. The third kappa shape index (κ3) is 17.5. The fourth-order valence-corrected chi connectivity index (χ4v) is 11.4. The van der Waals surface area contributed by atoms with Crippen molar-refractivity contribution in [3.8, 4) is 22.3 Å². The first-order valence-corrected chi connectivity index (χ1v) is 32.6. The fourth-order valence-electron chi connectivity index (χ4n) is 11.4. The first-order valence-electron chi connectivity index (χ1n) is 32.6. The molecule has 0 fully saturated rings. The summed E-state index contributed by atoms with van der Waals surface area (Å²) in [6.07, 6.45) is 16.1. The lowest BCUT2D eigenvalue weighted by molar-refractivity contribution is 0.353. The van der Waals surface area contributed by atoms with Gasteiger partial charge in [-0.2, -0.15) is 0 Å². The predicted molar refractivity (Wildman–Crippen MR) is 391 cm³/mol. The van der Waals surface area contributed by atoms with Crippen LogP contribution in [0.2, 0.25) is 0 Å². The highest BCUT2D eigenvalue weighted by atomic mass is 15.2. The Labute approximate surface area is 534 Å². The van der Waals surface area contributed by atoms with Crippen molar-refractivity contribution >= 4 is 51.5 Å². The SMILES string of the molecule is C=c1ccccc1=C.CC.CC.CC.CC.CC/C=C\C(C)NC.CNC(NC1C=CC=C/C1=C(/C)C1=c2ccccc2=C(C2=c3ccccc3=NC(c3ccc4ccc(-c5ccccc5)cc4c3)N2C)CC1)c1ccc2ccc(-c3ccccc3)cc2c1. The Balaban J connectivity index is 0.000000451. The normalized spacial score (nSPS) is 15.6. The first kappa shape index (κ1) is 69.4. The van der Waals surface area contributed by atoms with Gasteiger partial charge in [0.15, 0.2) is 0 Å². The molecule has 0 aromatic heterocycles. The quantitative estimate of drug-likeness (QED) is 0.0843. The summed E-state index contributed by atoms with van der Waals surface area (Å²) in [7, 11) is 6.24. The van der Waals surface area contributed by atoms with Crippen LogP contribution in [-0.2, 0) is 0 Å². The van der Waals surface area contributed by atoms with Crippen molar-refractivity contribution in [3.63, 3.8) is 0 Å². The van der Waals surface area contributed by atoms with E-state index in [1.54, 1.807) is 0 Å². The molecule has 460 valence electrons. The number of nitrogens with one attached hydrogen (secondary N) is 3. The lowest BCUT2D eigenvalue weighted by Gasteiger charge is -2.35. The van der Waals surface area contributed by atoms with Crippen molar-refractivity contribution in [2.75, 3.05) is 21.1 Å². The van der Waals surface area contributed by atoms with E-state index in [0.717, 1.165) is 35.1 Å². The van der Waals surface area contributed by atoms with Gasteiger partial charge in [-0.25, -0.2) is 0 Å². The van der Waals surface area contributed by atoms with E-state index >= 15 is 0 Å². The average Bonchev–Trinajstić information content (AvgIpc) is 1.06. The van der Waals surface area contributed by atoms with Gasteiger partial charge < -0.3 is 15.5 Å². The zero-order valence-electron chi connectivity index (χ0n) is 55.8. The third-order valence-corrected chi connectivity index (χ3v) is 16.0. The van der Waals surface area contributed by atoms with Crippen LogP contribution in [0.4, 0.5) is 0 Å². The monoisotopic (exact) mass is 1180 g/mol. The van der Waals surface area contributed by atoms with Crippen LogP contribution < -0.4 is 47.4 Å². The number of rotatable bonds is 12. The maximum absolute atomic E-state index is 5.43. The molecule has 0 bridgehead atoms. The zero-order chi connectivity index (χ0) is 64.2. The van der Waals surface area contributed by atoms with E-state index in [1.165, 1.54) is 98.6 Å². The molecule has 3 aliphatic rings. The number of likely N-dealkylation sites (N-methyl/N-ethyl adjacent to an activating group) is 1. The van der Waals surface area contributed by atoms with Gasteiger partial charge in [0.1, 0.15) is 6.17 Å². The van der Waals surface area contributed by atoms with E-state index in [-0.39, 0.29) is 18.4 Å². The highest BCUT2D eigenvalue weighted by Crippen LogP contribution is 2.37. The molecule has 9 aromatic carbocycles. The number of allylic oxidation sites excluding steroid dienone is 4. The van der Waals surface area contributed by atoms with Crippen LogP contribution in [0.3, 0.4) is 0 Å². The van der Waals surface area contributed by atoms with Crippen LogP contribution in [0.25, 0.3) is 73.8 Å². The van der Waals surface area contributed by atoms with E-state index in [0.29, 0.717) is 6.04 Å². The lowest BCUT2D eigenvalue weighted by atomic mass is 9.84. The van der Waals surface area contributed by atoms with Crippen LogP contribution in [0, 0.1) is 0 Å². The molecule has 5 nitrogen and oxygen atoms in total. The molecule has 0 spiro atoms. The van der Waals surface area contributed by atoms with Gasteiger partial charge in [-0.3, -0.25) is 10.3 Å². The van der Waals surface area contributed by atoms with Gasteiger partial charge >= 0.3 is 0 Å². The smallest absolute Gasteiger partial charge is 0.147 e. The minimum atomic E-state index is -0.168. The average molecular weight is 1180 g/mol. The maximum atomic E-state index is 5.43.